The van der Waals surface area contributed by atoms with Gasteiger partial charge >= 0.3 is 0 Å². The number of thioether (sulfide) groups is 1. The summed E-state index contributed by atoms with van der Waals surface area (Å²) in [5.41, 5.74) is 2.00. The average molecular weight is 435 g/mol. The first kappa shape index (κ1) is 21.2. The second-order valence-corrected chi connectivity index (χ2v) is 8.49. The molecule has 6 nitrogen and oxygen atoms in total. The fourth-order valence-electron chi connectivity index (χ4n) is 3.65. The molecule has 0 saturated carbocycles. The van der Waals surface area contributed by atoms with Crippen molar-refractivity contribution in [3.63, 3.8) is 0 Å². The molecule has 1 amide bonds. The smallest absolute Gasteiger partial charge is 0.263 e. The van der Waals surface area contributed by atoms with Gasteiger partial charge in [0.05, 0.1) is 5.92 Å². The van der Waals surface area contributed by atoms with Crippen molar-refractivity contribution in [3.8, 4) is 11.6 Å². The van der Waals surface area contributed by atoms with Crippen LogP contribution >= 0.6 is 11.8 Å². The summed E-state index contributed by atoms with van der Waals surface area (Å²) >= 11 is 1.66. The van der Waals surface area contributed by atoms with Gasteiger partial charge in [0.15, 0.2) is 5.82 Å². The molecule has 1 unspecified atom stereocenters. The summed E-state index contributed by atoms with van der Waals surface area (Å²) in [5, 5.41) is 3.07. The number of carbonyl (C=O) groups excluding carboxylic acids is 1. The van der Waals surface area contributed by atoms with Gasteiger partial charge in [-0.15, -0.1) is 11.8 Å². The number of ether oxygens (including phenoxy) is 1. The lowest BCUT2D eigenvalue weighted by atomic mass is 9.97. The van der Waals surface area contributed by atoms with E-state index in [1.54, 1.807) is 24.2 Å². The number of benzene rings is 2. The van der Waals surface area contributed by atoms with Gasteiger partial charge in [-0.1, -0.05) is 23.8 Å². The first-order valence-electron chi connectivity index (χ1n) is 10.4. The van der Waals surface area contributed by atoms with Crippen LogP contribution in [0.4, 0.5) is 11.5 Å². The van der Waals surface area contributed by atoms with E-state index in [0.717, 1.165) is 30.0 Å². The second-order valence-electron chi connectivity index (χ2n) is 7.61. The van der Waals surface area contributed by atoms with E-state index in [2.05, 4.69) is 20.2 Å². The van der Waals surface area contributed by atoms with E-state index in [-0.39, 0.29) is 11.8 Å². The number of carbonyl (C=O) groups is 1. The van der Waals surface area contributed by atoms with Gasteiger partial charge in [0.1, 0.15) is 5.75 Å². The van der Waals surface area contributed by atoms with Gasteiger partial charge in [-0.2, -0.15) is 0 Å². The maximum absolute atomic E-state index is 12.9. The fourth-order valence-corrected chi connectivity index (χ4v) is 4.11. The first-order chi connectivity index (χ1) is 15.1. The molecular weight excluding hydrogens is 408 g/mol. The van der Waals surface area contributed by atoms with E-state index >= 15 is 0 Å². The number of anilines is 2. The maximum atomic E-state index is 12.9. The minimum atomic E-state index is -0.124. The summed E-state index contributed by atoms with van der Waals surface area (Å²) in [6.07, 6.45) is 7.06. The number of hydrogen-bond donors (Lipinski definition) is 1. The van der Waals surface area contributed by atoms with E-state index in [4.69, 9.17) is 4.74 Å². The van der Waals surface area contributed by atoms with E-state index < -0.39 is 0 Å². The molecule has 31 heavy (non-hydrogen) atoms. The zero-order chi connectivity index (χ0) is 21.6. The highest BCUT2D eigenvalue weighted by Crippen LogP contribution is 2.31. The number of rotatable bonds is 6. The molecule has 1 N–H and O–H groups in total. The van der Waals surface area contributed by atoms with Crippen molar-refractivity contribution < 1.29 is 9.53 Å². The number of aromatic nitrogens is 2. The zero-order valence-corrected chi connectivity index (χ0v) is 18.6. The van der Waals surface area contributed by atoms with Gasteiger partial charge in [0.2, 0.25) is 5.91 Å². The summed E-state index contributed by atoms with van der Waals surface area (Å²) in [6, 6.07) is 15.8. The Bertz CT molecular complexity index is 1040. The molecule has 3 aromatic rings. The second kappa shape index (κ2) is 9.83. The maximum Gasteiger partial charge on any atom is 0.263 e. The Morgan fingerprint density at radius 3 is 2.77 bits per heavy atom. The van der Waals surface area contributed by atoms with Crippen molar-refractivity contribution in [1.82, 2.24) is 9.97 Å². The topological polar surface area (TPSA) is 67.4 Å². The molecule has 0 spiro atoms. The van der Waals surface area contributed by atoms with Crippen molar-refractivity contribution >= 4 is 29.2 Å². The van der Waals surface area contributed by atoms with E-state index in [1.165, 1.54) is 5.56 Å². The Labute approximate surface area is 187 Å². The third-order valence-corrected chi connectivity index (χ3v) is 6.04. The molecule has 7 heteroatoms. The summed E-state index contributed by atoms with van der Waals surface area (Å²) in [4.78, 5) is 25.1. The number of nitrogens with zero attached hydrogens (tertiary/aromatic N) is 3. The van der Waals surface area contributed by atoms with Crippen molar-refractivity contribution in [2.24, 2.45) is 5.92 Å². The highest BCUT2D eigenvalue weighted by atomic mass is 32.2. The summed E-state index contributed by atoms with van der Waals surface area (Å²) in [7, 11) is 0. The Hall–Kier alpha value is -3.06. The zero-order valence-electron chi connectivity index (χ0n) is 17.7. The van der Waals surface area contributed by atoms with E-state index in [1.807, 2.05) is 61.7 Å². The quantitative estimate of drug-likeness (QED) is 0.541. The minimum absolute atomic E-state index is 0.0350. The largest absolute Gasteiger partial charge is 0.436 e. The number of hydrogen-bond acceptors (Lipinski definition) is 6. The van der Waals surface area contributed by atoms with Crippen LogP contribution in [0.3, 0.4) is 0 Å². The third kappa shape index (κ3) is 5.35. The molecule has 1 aliphatic heterocycles. The standard InChI is InChI=1S/C24H26N4O2S/c1-17-8-10-20(11-9-17)30-24-22(25-12-13-26-24)28-14-4-5-18(16-28)23(29)27-19-6-3-7-21(15-19)31-2/h3,6-13,15,18H,4-5,14,16H2,1-2H3,(H,27,29). The molecule has 4 rings (SSSR count). The molecule has 1 aromatic heterocycles. The predicted octanol–water partition coefficient (Wildman–Crippen LogP) is 5.15. The normalized spacial score (nSPS) is 16.1. The molecule has 2 aromatic carbocycles. The van der Waals surface area contributed by atoms with Crippen LogP contribution < -0.4 is 15.0 Å². The Morgan fingerprint density at radius 2 is 1.97 bits per heavy atom. The molecule has 0 aliphatic carbocycles. The molecule has 160 valence electrons. The summed E-state index contributed by atoms with van der Waals surface area (Å²) in [6.45, 7) is 3.43. The van der Waals surface area contributed by atoms with Crippen molar-refractivity contribution in [3.05, 3.63) is 66.5 Å². The van der Waals surface area contributed by atoms with Crippen LogP contribution in [0, 0.1) is 12.8 Å². The highest BCUT2D eigenvalue weighted by Gasteiger charge is 2.28. The number of piperidine rings is 1. The Balaban J connectivity index is 1.47. The molecule has 1 saturated heterocycles. The average Bonchev–Trinajstić information content (AvgIpc) is 2.81. The van der Waals surface area contributed by atoms with Crippen LogP contribution in [-0.2, 0) is 4.79 Å². The third-order valence-electron chi connectivity index (χ3n) is 5.31. The number of aryl methyl sites for hydroxylation is 1. The Morgan fingerprint density at radius 1 is 1.16 bits per heavy atom. The van der Waals surface area contributed by atoms with Gasteiger partial charge in [0.25, 0.3) is 5.88 Å². The molecule has 1 atom stereocenters. The monoisotopic (exact) mass is 434 g/mol. The van der Waals surface area contributed by atoms with Gasteiger partial charge in [-0.05, 0) is 56.4 Å². The highest BCUT2D eigenvalue weighted by molar-refractivity contribution is 7.98. The predicted molar refractivity (Wildman–Crippen MR) is 125 cm³/mol. The van der Waals surface area contributed by atoms with Gasteiger partial charge < -0.3 is 15.0 Å². The van der Waals surface area contributed by atoms with Crippen LogP contribution in [0.1, 0.15) is 18.4 Å². The molecule has 1 fully saturated rings. The first-order valence-corrected chi connectivity index (χ1v) is 11.6. The van der Waals surface area contributed by atoms with Crippen LogP contribution in [0.5, 0.6) is 11.6 Å². The lowest BCUT2D eigenvalue weighted by Crippen LogP contribution is -2.41. The number of amides is 1. The number of nitrogens with one attached hydrogen (secondary N) is 1. The van der Waals surface area contributed by atoms with E-state index in [9.17, 15) is 4.79 Å². The summed E-state index contributed by atoms with van der Waals surface area (Å²) < 4.78 is 6.02. The SMILES string of the molecule is CSc1cccc(NC(=O)C2CCCN(c3nccnc3Oc3ccc(C)cc3)C2)c1. The van der Waals surface area contributed by atoms with Crippen LogP contribution in [0.2, 0.25) is 0 Å². The molecule has 0 bridgehead atoms. The van der Waals surface area contributed by atoms with Crippen molar-refractivity contribution in [2.75, 3.05) is 29.6 Å². The molecular formula is C24H26N4O2S. The van der Waals surface area contributed by atoms with E-state index in [0.29, 0.717) is 24.0 Å². The minimum Gasteiger partial charge on any atom is -0.436 e. The van der Waals surface area contributed by atoms with Crippen LogP contribution in [-0.4, -0.2) is 35.2 Å². The van der Waals surface area contributed by atoms with Crippen LogP contribution in [0.25, 0.3) is 0 Å². The lowest BCUT2D eigenvalue weighted by Gasteiger charge is -2.33. The van der Waals surface area contributed by atoms with Crippen molar-refractivity contribution in [2.45, 2.75) is 24.7 Å². The lowest BCUT2D eigenvalue weighted by molar-refractivity contribution is -0.120. The summed E-state index contributed by atoms with van der Waals surface area (Å²) in [5.74, 6) is 1.76. The molecule has 1 aliphatic rings. The molecule has 0 radical (unpaired) electrons. The van der Waals surface area contributed by atoms with Crippen LogP contribution in [0.15, 0.2) is 65.8 Å². The van der Waals surface area contributed by atoms with Crippen molar-refractivity contribution in [1.29, 1.82) is 0 Å². The Kier molecular flexibility index (Phi) is 6.72. The molecule has 2 heterocycles. The van der Waals surface area contributed by atoms with Gasteiger partial charge in [-0.25, -0.2) is 9.97 Å². The van der Waals surface area contributed by atoms with Gasteiger partial charge in [0, 0.05) is 36.1 Å². The van der Waals surface area contributed by atoms with Gasteiger partial charge in [-0.3, -0.25) is 4.79 Å². The fraction of sp³-hybridized carbons (Fsp3) is 0.292.